The molecule has 80 heavy (non-hydrogen) atoms. The van der Waals surface area contributed by atoms with Crippen molar-refractivity contribution in [2.75, 3.05) is 47.5 Å². The van der Waals surface area contributed by atoms with Gasteiger partial charge in [-0.15, -0.1) is 0 Å². The number of carbonyl (C=O) groups is 2. The molecule has 0 amide bonds. The third-order valence-electron chi connectivity index (χ3n) is 13.8. The molecule has 460 valence electrons. The number of quaternary nitrogens is 1. The molecule has 0 fully saturated rings. The van der Waals surface area contributed by atoms with E-state index in [-0.39, 0.29) is 32.0 Å². The molecule has 0 aromatic rings. The number of nitrogens with zero attached hydrogens (tertiary/aromatic N) is 1. The van der Waals surface area contributed by atoms with Crippen molar-refractivity contribution in [1.29, 1.82) is 0 Å². The van der Waals surface area contributed by atoms with Crippen molar-refractivity contribution in [2.45, 2.75) is 277 Å². The van der Waals surface area contributed by atoms with Gasteiger partial charge in [-0.2, -0.15) is 0 Å². The predicted molar refractivity (Wildman–Crippen MR) is 342 cm³/mol. The number of phosphoric ester groups is 1. The van der Waals surface area contributed by atoms with Crippen molar-refractivity contribution in [3.05, 3.63) is 109 Å². The van der Waals surface area contributed by atoms with Gasteiger partial charge < -0.3 is 27.9 Å². The van der Waals surface area contributed by atoms with Gasteiger partial charge in [0, 0.05) is 12.8 Å². The molecule has 0 N–H and O–H groups in total. The lowest BCUT2D eigenvalue weighted by Crippen LogP contribution is -2.37. The fourth-order valence-corrected chi connectivity index (χ4v) is 9.51. The van der Waals surface area contributed by atoms with Crippen LogP contribution in [0.4, 0.5) is 0 Å². The van der Waals surface area contributed by atoms with Crippen molar-refractivity contribution in [3.8, 4) is 0 Å². The SMILES string of the molecule is CC/C=C\C/C=C\C/C=C\C/C=C\C/C=C\C/C=C\C/C=C\CCCCCCCCCCCCCCCCCC(=O)OC(COC(=O)CCCCCCCCCCC/C=C\C/C=C\CCCCC)COP(=O)([O-])OCC[N+](C)(C)C. The summed E-state index contributed by atoms with van der Waals surface area (Å²) < 4.78 is 34.2. The summed E-state index contributed by atoms with van der Waals surface area (Å²) in [6, 6.07) is 0. The standard InChI is InChI=1S/C70H122NO8P/c1-6-8-10-12-14-16-18-20-22-24-26-27-28-29-30-31-32-33-34-35-36-37-38-39-40-41-42-43-45-47-49-51-53-55-57-59-61-63-70(73)79-68(67-78-80(74,75)77-65-64-71(3,4)5)66-76-69(72)62-60-58-56-54-52-50-48-46-44-25-23-21-19-17-15-13-11-9-7-2/h8,10,14-17,20-23,26-27,29-30,32-33,35-36,68H,6-7,9,11-13,18-19,24-25,28,31,34,37-67H2,1-5H3/b10-8-,16-14-,17-15-,22-20-,23-21-,27-26-,30-29-,33-32-,36-35-. The first-order valence-electron chi connectivity index (χ1n) is 32.6. The van der Waals surface area contributed by atoms with Gasteiger partial charge in [0.1, 0.15) is 19.8 Å². The van der Waals surface area contributed by atoms with Crippen LogP contribution >= 0.6 is 7.82 Å². The third kappa shape index (κ3) is 63.8. The minimum atomic E-state index is -4.64. The lowest BCUT2D eigenvalue weighted by molar-refractivity contribution is -0.870. The van der Waals surface area contributed by atoms with Crippen LogP contribution in [0.2, 0.25) is 0 Å². The van der Waals surface area contributed by atoms with Gasteiger partial charge in [0.15, 0.2) is 6.10 Å². The van der Waals surface area contributed by atoms with Gasteiger partial charge in [-0.05, 0) is 103 Å². The summed E-state index contributed by atoms with van der Waals surface area (Å²) in [7, 11) is 1.16. The summed E-state index contributed by atoms with van der Waals surface area (Å²) in [4.78, 5) is 38.0. The molecular formula is C70H122NO8P. The van der Waals surface area contributed by atoms with Gasteiger partial charge in [-0.25, -0.2) is 0 Å². The van der Waals surface area contributed by atoms with Crippen LogP contribution in [0.3, 0.4) is 0 Å². The molecular weight excluding hydrogens is 1010 g/mol. The monoisotopic (exact) mass is 1140 g/mol. The van der Waals surface area contributed by atoms with Gasteiger partial charge in [-0.1, -0.05) is 264 Å². The van der Waals surface area contributed by atoms with E-state index >= 15 is 0 Å². The van der Waals surface area contributed by atoms with Crippen LogP contribution in [0, 0.1) is 0 Å². The van der Waals surface area contributed by atoms with Crippen molar-refractivity contribution >= 4 is 19.8 Å². The molecule has 0 rings (SSSR count). The number of hydrogen-bond acceptors (Lipinski definition) is 8. The molecule has 0 radical (unpaired) electrons. The summed E-state index contributed by atoms with van der Waals surface area (Å²) in [6.07, 6.45) is 84.3. The van der Waals surface area contributed by atoms with E-state index in [9.17, 15) is 19.0 Å². The first-order chi connectivity index (χ1) is 39.0. The lowest BCUT2D eigenvalue weighted by Gasteiger charge is -2.28. The van der Waals surface area contributed by atoms with Crippen molar-refractivity contribution in [1.82, 2.24) is 0 Å². The summed E-state index contributed by atoms with van der Waals surface area (Å²) in [5.41, 5.74) is 0. The Morgan fingerprint density at radius 3 is 1.06 bits per heavy atom. The number of unbranched alkanes of at least 4 members (excludes halogenated alkanes) is 27. The number of esters is 2. The van der Waals surface area contributed by atoms with E-state index in [1.165, 1.54) is 135 Å². The van der Waals surface area contributed by atoms with E-state index in [4.69, 9.17) is 18.5 Å². The molecule has 0 aliphatic carbocycles. The zero-order chi connectivity index (χ0) is 58.4. The Labute approximate surface area is 493 Å². The number of allylic oxidation sites excluding steroid dienone is 18. The minimum Gasteiger partial charge on any atom is -0.756 e. The first-order valence-corrected chi connectivity index (χ1v) is 34.1. The number of phosphoric acid groups is 1. The molecule has 9 nitrogen and oxygen atoms in total. The van der Waals surface area contributed by atoms with Crippen LogP contribution in [0.5, 0.6) is 0 Å². The maximum atomic E-state index is 12.8. The quantitative estimate of drug-likeness (QED) is 0.0195. The second kappa shape index (κ2) is 60.3. The molecule has 0 aromatic heterocycles. The maximum absolute atomic E-state index is 12.8. The summed E-state index contributed by atoms with van der Waals surface area (Å²) in [5, 5.41) is 0. The molecule has 0 aliphatic rings. The highest BCUT2D eigenvalue weighted by Crippen LogP contribution is 2.38. The van der Waals surface area contributed by atoms with Gasteiger partial charge in [-0.3, -0.25) is 14.2 Å². The highest BCUT2D eigenvalue weighted by molar-refractivity contribution is 7.45. The fourth-order valence-electron chi connectivity index (χ4n) is 8.79. The Balaban J connectivity index is 4.05. The van der Waals surface area contributed by atoms with E-state index in [0.717, 1.165) is 103 Å². The smallest absolute Gasteiger partial charge is 0.306 e. The zero-order valence-electron chi connectivity index (χ0n) is 52.2. The molecule has 2 atom stereocenters. The van der Waals surface area contributed by atoms with Crippen molar-refractivity contribution in [2.24, 2.45) is 0 Å². The van der Waals surface area contributed by atoms with E-state index in [1.807, 2.05) is 21.1 Å². The molecule has 2 unspecified atom stereocenters. The van der Waals surface area contributed by atoms with E-state index < -0.39 is 26.5 Å². The zero-order valence-corrected chi connectivity index (χ0v) is 53.1. The normalized spacial score (nSPS) is 13.9. The van der Waals surface area contributed by atoms with Crippen LogP contribution in [0.15, 0.2) is 109 Å². The van der Waals surface area contributed by atoms with Crippen LogP contribution < -0.4 is 4.89 Å². The Morgan fingerprint density at radius 1 is 0.400 bits per heavy atom. The van der Waals surface area contributed by atoms with E-state index in [0.29, 0.717) is 17.4 Å². The summed E-state index contributed by atoms with van der Waals surface area (Å²) >= 11 is 0. The second-order valence-corrected chi connectivity index (χ2v) is 24.2. The number of likely N-dealkylation sites (N-methyl/N-ethyl adjacent to an activating group) is 1. The number of ether oxygens (including phenoxy) is 2. The van der Waals surface area contributed by atoms with E-state index in [1.54, 1.807) is 0 Å². The number of rotatable bonds is 59. The molecule has 0 aliphatic heterocycles. The van der Waals surface area contributed by atoms with Gasteiger partial charge in [0.05, 0.1) is 27.7 Å². The lowest BCUT2D eigenvalue weighted by atomic mass is 10.0. The van der Waals surface area contributed by atoms with Gasteiger partial charge in [0.2, 0.25) is 0 Å². The Kier molecular flexibility index (Phi) is 57.8. The summed E-state index contributed by atoms with van der Waals surface area (Å²) in [6.45, 7) is 4.11. The van der Waals surface area contributed by atoms with Crippen molar-refractivity contribution in [3.63, 3.8) is 0 Å². The largest absolute Gasteiger partial charge is 0.756 e. The number of hydrogen-bond donors (Lipinski definition) is 0. The van der Waals surface area contributed by atoms with Crippen LogP contribution in [-0.4, -0.2) is 70.0 Å². The topological polar surface area (TPSA) is 111 Å². The predicted octanol–water partition coefficient (Wildman–Crippen LogP) is 20.3. The molecule has 0 heterocycles. The molecule has 0 saturated carbocycles. The second-order valence-electron chi connectivity index (χ2n) is 22.7. The molecule has 0 aromatic carbocycles. The Morgan fingerprint density at radius 2 is 0.713 bits per heavy atom. The van der Waals surface area contributed by atoms with Crippen LogP contribution in [0.1, 0.15) is 271 Å². The number of carbonyl (C=O) groups excluding carboxylic acids is 2. The van der Waals surface area contributed by atoms with E-state index in [2.05, 4.69) is 123 Å². The van der Waals surface area contributed by atoms with Crippen molar-refractivity contribution < 1.29 is 42.1 Å². The highest BCUT2D eigenvalue weighted by Gasteiger charge is 2.22. The highest BCUT2D eigenvalue weighted by atomic mass is 31.2. The Bertz CT molecular complexity index is 1720. The summed E-state index contributed by atoms with van der Waals surface area (Å²) in [5.74, 6) is -0.836. The first kappa shape index (κ1) is 76.7. The maximum Gasteiger partial charge on any atom is 0.306 e. The van der Waals surface area contributed by atoms with Crippen LogP contribution in [-0.2, 0) is 32.7 Å². The third-order valence-corrected chi connectivity index (χ3v) is 14.7. The van der Waals surface area contributed by atoms with Gasteiger partial charge in [0.25, 0.3) is 7.82 Å². The fraction of sp³-hybridized carbons (Fsp3) is 0.714. The minimum absolute atomic E-state index is 0.0348. The molecule has 10 heteroatoms. The van der Waals surface area contributed by atoms with Crippen LogP contribution in [0.25, 0.3) is 0 Å². The average molecular weight is 1140 g/mol. The molecule has 0 spiro atoms. The Hall–Kier alpha value is -3.33. The average Bonchev–Trinajstić information content (AvgIpc) is 3.42. The van der Waals surface area contributed by atoms with Gasteiger partial charge >= 0.3 is 11.9 Å². The molecule has 0 bridgehead atoms. The molecule has 0 saturated heterocycles.